The molecule has 5 rings (SSSR count). The average Bonchev–Trinajstić information content (AvgIpc) is 3.32. The maximum Gasteiger partial charge on any atom is 0.182 e. The van der Waals surface area contributed by atoms with Crippen molar-refractivity contribution in [2.75, 3.05) is 5.32 Å². The number of nitrogens with zero attached hydrogens (tertiary/aromatic N) is 5. The number of nitrogens with one attached hydrogen (secondary N) is 2. The lowest BCUT2D eigenvalue weighted by atomic mass is 10.2. The van der Waals surface area contributed by atoms with Crippen molar-refractivity contribution in [1.29, 1.82) is 0 Å². The van der Waals surface area contributed by atoms with Crippen LogP contribution in [0.5, 0.6) is 0 Å². The molecule has 1 unspecified atom stereocenters. The smallest absolute Gasteiger partial charge is 0.182 e. The Morgan fingerprint density at radius 2 is 1.87 bits per heavy atom. The second-order valence-corrected chi connectivity index (χ2v) is 7.19. The van der Waals surface area contributed by atoms with Crippen molar-refractivity contribution >= 4 is 39.6 Å². The van der Waals surface area contributed by atoms with Crippen LogP contribution in [0.25, 0.3) is 27.9 Å². The number of imidazole rings is 2. The lowest BCUT2D eigenvalue weighted by molar-refractivity contribution is 0.581. The van der Waals surface area contributed by atoms with E-state index in [0.717, 1.165) is 6.07 Å². The summed E-state index contributed by atoms with van der Waals surface area (Å²) in [5.74, 6) is -0.304. The molecule has 0 fully saturated rings. The first-order valence-electron chi connectivity index (χ1n) is 9.04. The van der Waals surface area contributed by atoms with Crippen molar-refractivity contribution in [3.8, 4) is 5.69 Å². The minimum absolute atomic E-state index is 0.301. The predicted octanol–water partition coefficient (Wildman–Crippen LogP) is 4.80. The molecule has 0 saturated heterocycles. The monoisotopic (exact) mass is 425 g/mol. The van der Waals surface area contributed by atoms with Crippen molar-refractivity contribution in [3.63, 3.8) is 0 Å². The molecule has 0 aliphatic carbocycles. The highest BCUT2D eigenvalue weighted by Gasteiger charge is 2.20. The summed E-state index contributed by atoms with van der Waals surface area (Å²) in [4.78, 5) is 20.2. The zero-order valence-electron chi connectivity index (χ0n) is 15.6. The number of aromatic amines is 1. The SMILES string of the molecule is CC(Nc1ncnc2nc[nH]c12)c1nc2ccc(Cl)cc2n1-c1cc(F)cc(F)c1. The second kappa shape index (κ2) is 7.03. The van der Waals surface area contributed by atoms with Gasteiger partial charge in [-0.3, -0.25) is 4.57 Å². The number of hydrogen-bond acceptors (Lipinski definition) is 5. The van der Waals surface area contributed by atoms with Crippen molar-refractivity contribution in [3.05, 3.63) is 71.5 Å². The minimum Gasteiger partial charge on any atom is -0.358 e. The number of aromatic nitrogens is 6. The number of halogens is 3. The molecular weight excluding hydrogens is 412 g/mol. The Labute approximate surface area is 173 Å². The molecule has 0 spiro atoms. The highest BCUT2D eigenvalue weighted by molar-refractivity contribution is 6.31. The van der Waals surface area contributed by atoms with Crippen molar-refractivity contribution in [1.82, 2.24) is 29.5 Å². The molecule has 3 heterocycles. The Morgan fingerprint density at radius 3 is 2.67 bits per heavy atom. The lowest BCUT2D eigenvalue weighted by Crippen LogP contribution is -2.14. The molecule has 0 radical (unpaired) electrons. The van der Waals surface area contributed by atoms with Gasteiger partial charge in [0, 0.05) is 11.1 Å². The van der Waals surface area contributed by atoms with E-state index in [1.54, 1.807) is 22.8 Å². The normalized spacial score (nSPS) is 12.5. The predicted molar refractivity (Wildman–Crippen MR) is 110 cm³/mol. The minimum atomic E-state index is -0.685. The fourth-order valence-electron chi connectivity index (χ4n) is 3.44. The van der Waals surface area contributed by atoms with Crippen LogP contribution in [0.3, 0.4) is 0 Å². The van der Waals surface area contributed by atoms with E-state index in [4.69, 9.17) is 11.6 Å². The summed E-state index contributed by atoms with van der Waals surface area (Å²) in [5, 5.41) is 3.76. The molecule has 0 amide bonds. The summed E-state index contributed by atoms with van der Waals surface area (Å²) in [6, 6.07) is 8.13. The van der Waals surface area contributed by atoms with E-state index in [2.05, 4.69) is 30.2 Å². The third-order valence-corrected chi connectivity index (χ3v) is 4.95. The van der Waals surface area contributed by atoms with Crippen molar-refractivity contribution < 1.29 is 8.78 Å². The maximum absolute atomic E-state index is 14.0. The number of hydrogen-bond donors (Lipinski definition) is 2. The first-order chi connectivity index (χ1) is 14.5. The number of benzene rings is 2. The van der Waals surface area contributed by atoms with E-state index in [1.165, 1.54) is 24.8 Å². The van der Waals surface area contributed by atoms with Gasteiger partial charge >= 0.3 is 0 Å². The largest absolute Gasteiger partial charge is 0.358 e. The molecule has 3 aromatic heterocycles. The molecule has 7 nitrogen and oxygen atoms in total. The molecule has 2 N–H and O–H groups in total. The number of rotatable bonds is 4. The Kier molecular flexibility index (Phi) is 4.32. The van der Waals surface area contributed by atoms with Gasteiger partial charge in [0.15, 0.2) is 11.5 Å². The first-order valence-corrected chi connectivity index (χ1v) is 9.42. The molecule has 5 aromatic rings. The van der Waals surface area contributed by atoms with Crippen LogP contribution < -0.4 is 5.32 Å². The molecule has 0 aliphatic rings. The van der Waals surface area contributed by atoms with Crippen LogP contribution in [0.2, 0.25) is 5.02 Å². The van der Waals surface area contributed by atoms with Gasteiger partial charge in [0.05, 0.1) is 29.1 Å². The zero-order valence-corrected chi connectivity index (χ0v) is 16.3. The van der Waals surface area contributed by atoms with E-state index in [9.17, 15) is 8.78 Å². The van der Waals surface area contributed by atoms with Crippen LogP contribution in [0.4, 0.5) is 14.6 Å². The topological polar surface area (TPSA) is 84.3 Å². The molecule has 0 bridgehead atoms. The summed E-state index contributed by atoms with van der Waals surface area (Å²) >= 11 is 6.18. The average molecular weight is 426 g/mol. The van der Waals surface area contributed by atoms with E-state index < -0.39 is 11.6 Å². The fraction of sp³-hybridized carbons (Fsp3) is 0.100. The number of H-pyrrole nitrogens is 1. The third kappa shape index (κ3) is 3.13. The van der Waals surface area contributed by atoms with Gasteiger partial charge in [-0.15, -0.1) is 0 Å². The standard InChI is InChI=1S/C20H14ClF2N7/c1-10(28-19-17-18(25-8-24-17)26-9-27-19)20-29-15-3-2-11(21)4-16(15)30(20)14-6-12(22)5-13(23)7-14/h2-10H,1H3,(H2,24,25,26,27,28). The zero-order chi connectivity index (χ0) is 20.8. The quantitative estimate of drug-likeness (QED) is 0.432. The molecule has 2 aromatic carbocycles. The molecule has 150 valence electrons. The first kappa shape index (κ1) is 18.4. The Morgan fingerprint density at radius 1 is 1.07 bits per heavy atom. The number of fused-ring (bicyclic) bond motifs is 2. The maximum atomic E-state index is 14.0. The van der Waals surface area contributed by atoms with Gasteiger partial charge < -0.3 is 10.3 Å². The fourth-order valence-corrected chi connectivity index (χ4v) is 3.61. The second-order valence-electron chi connectivity index (χ2n) is 6.76. The summed E-state index contributed by atoms with van der Waals surface area (Å²) in [7, 11) is 0. The van der Waals surface area contributed by atoms with Crippen molar-refractivity contribution in [2.45, 2.75) is 13.0 Å². The van der Waals surface area contributed by atoms with E-state index in [-0.39, 0.29) is 6.04 Å². The summed E-state index contributed by atoms with van der Waals surface area (Å²) in [5.41, 5.74) is 2.74. The summed E-state index contributed by atoms with van der Waals surface area (Å²) < 4.78 is 29.6. The van der Waals surface area contributed by atoms with Crippen LogP contribution in [0.15, 0.2) is 49.1 Å². The van der Waals surface area contributed by atoms with Crippen molar-refractivity contribution in [2.24, 2.45) is 0 Å². The van der Waals surface area contributed by atoms with Gasteiger partial charge in [-0.2, -0.15) is 0 Å². The highest BCUT2D eigenvalue weighted by atomic mass is 35.5. The highest BCUT2D eigenvalue weighted by Crippen LogP contribution is 2.30. The third-order valence-electron chi connectivity index (χ3n) is 4.71. The van der Waals surface area contributed by atoms with Gasteiger partial charge in [-0.25, -0.2) is 28.7 Å². The molecule has 1 atom stereocenters. The van der Waals surface area contributed by atoms with Gasteiger partial charge in [0.1, 0.15) is 29.3 Å². The lowest BCUT2D eigenvalue weighted by Gasteiger charge is -2.17. The summed E-state index contributed by atoms with van der Waals surface area (Å²) in [6.07, 6.45) is 2.94. The van der Waals surface area contributed by atoms with Crippen LogP contribution in [0.1, 0.15) is 18.8 Å². The van der Waals surface area contributed by atoms with E-state index in [1.807, 2.05) is 6.92 Å². The van der Waals surface area contributed by atoms with Gasteiger partial charge in [-0.1, -0.05) is 11.6 Å². The Hall–Kier alpha value is -3.59. The Balaban J connectivity index is 1.67. The van der Waals surface area contributed by atoms with E-state index >= 15 is 0 Å². The summed E-state index contributed by atoms with van der Waals surface area (Å²) in [6.45, 7) is 1.87. The van der Waals surface area contributed by atoms with Crippen LogP contribution in [-0.2, 0) is 0 Å². The Bertz CT molecular complexity index is 1370. The van der Waals surface area contributed by atoms with Crippen LogP contribution in [-0.4, -0.2) is 29.5 Å². The molecular formula is C20H14ClF2N7. The molecule has 0 aliphatic heterocycles. The van der Waals surface area contributed by atoms with Gasteiger partial charge in [0.25, 0.3) is 0 Å². The van der Waals surface area contributed by atoms with E-state index in [0.29, 0.717) is 44.5 Å². The number of anilines is 1. The van der Waals surface area contributed by atoms with Gasteiger partial charge in [0.2, 0.25) is 0 Å². The van der Waals surface area contributed by atoms with Crippen LogP contribution in [0, 0.1) is 11.6 Å². The van der Waals surface area contributed by atoms with Crippen LogP contribution >= 0.6 is 11.6 Å². The molecule has 0 saturated carbocycles. The van der Waals surface area contributed by atoms with Gasteiger partial charge in [-0.05, 0) is 37.3 Å². The molecule has 30 heavy (non-hydrogen) atoms. The molecule has 10 heteroatoms.